The fourth-order valence-corrected chi connectivity index (χ4v) is 0.857. The largest absolute Gasteiger partial charge is 0.346 e. The van der Waals surface area contributed by atoms with Crippen molar-refractivity contribution in [2.75, 3.05) is 0 Å². The van der Waals surface area contributed by atoms with Gasteiger partial charge in [0.25, 0.3) is 5.56 Å². The molecule has 0 aliphatic rings. The fraction of sp³-hybridized carbons (Fsp3) is 0.500. The van der Waals surface area contributed by atoms with Gasteiger partial charge in [-0.15, -0.1) is 0 Å². The van der Waals surface area contributed by atoms with Crippen molar-refractivity contribution in [2.24, 2.45) is 14.1 Å². The van der Waals surface area contributed by atoms with Crippen molar-refractivity contribution in [3.63, 3.8) is 0 Å². The Kier molecular flexibility index (Phi) is 1.64. The first-order chi connectivity index (χ1) is 5.04. The van der Waals surface area contributed by atoms with E-state index in [1.807, 2.05) is 0 Å². The summed E-state index contributed by atoms with van der Waals surface area (Å²) >= 11 is 0. The van der Waals surface area contributed by atoms with Crippen molar-refractivity contribution in [1.82, 2.24) is 14.3 Å². The van der Waals surface area contributed by atoms with Crippen molar-refractivity contribution in [3.8, 4) is 0 Å². The van der Waals surface area contributed by atoms with E-state index in [0.717, 1.165) is 9.25 Å². The Morgan fingerprint density at radius 3 is 2.36 bits per heavy atom. The van der Waals surface area contributed by atoms with Gasteiger partial charge in [-0.2, -0.15) is 5.10 Å². The smallest absolute Gasteiger partial charge is 0.267 e. The summed E-state index contributed by atoms with van der Waals surface area (Å²) < 4.78 is 2.17. The highest BCUT2D eigenvalue weighted by atomic mass is 16.2. The Labute approximate surface area is 62.9 Å². The van der Waals surface area contributed by atoms with Gasteiger partial charge in [-0.3, -0.25) is 9.36 Å². The van der Waals surface area contributed by atoms with Crippen LogP contribution in [0, 0.1) is 6.92 Å². The molecule has 11 heavy (non-hydrogen) atoms. The highest BCUT2D eigenvalue weighted by Gasteiger charge is 2.01. The molecule has 0 unspecified atom stereocenters. The number of aryl methyl sites for hydroxylation is 2. The van der Waals surface area contributed by atoms with Crippen LogP contribution in [0.25, 0.3) is 0 Å². The van der Waals surface area contributed by atoms with Crippen molar-refractivity contribution >= 4 is 0 Å². The summed E-state index contributed by atoms with van der Waals surface area (Å²) in [5.41, 5.74) is -0.414. The third-order valence-electron chi connectivity index (χ3n) is 1.48. The zero-order chi connectivity index (χ0) is 8.59. The van der Waals surface area contributed by atoms with E-state index in [4.69, 9.17) is 0 Å². The van der Waals surface area contributed by atoms with Gasteiger partial charge in [0.2, 0.25) is 0 Å². The van der Waals surface area contributed by atoms with Gasteiger partial charge >= 0.3 is 5.69 Å². The number of nitrogens with zero attached hydrogens (tertiary/aromatic N) is 3. The second-order valence-corrected chi connectivity index (χ2v) is 2.36. The SMILES string of the molecule is Cc1nn(C)c(=O)n(C)c1=O. The molecule has 0 radical (unpaired) electrons. The topological polar surface area (TPSA) is 56.9 Å². The highest BCUT2D eigenvalue weighted by Crippen LogP contribution is 1.72. The standard InChI is InChI=1S/C6H9N3O2/c1-4-5(10)8(2)6(11)9(3)7-4/h1-3H3. The van der Waals surface area contributed by atoms with Crippen LogP contribution in [0.15, 0.2) is 9.59 Å². The van der Waals surface area contributed by atoms with Crippen LogP contribution in [0.1, 0.15) is 5.69 Å². The summed E-state index contributed by atoms with van der Waals surface area (Å²) in [6.07, 6.45) is 0. The molecule has 1 rings (SSSR count). The normalized spacial score (nSPS) is 10.1. The number of hydrogen-bond acceptors (Lipinski definition) is 3. The van der Waals surface area contributed by atoms with E-state index in [1.54, 1.807) is 6.92 Å². The minimum absolute atomic E-state index is 0.328. The lowest BCUT2D eigenvalue weighted by atomic mass is 10.5. The van der Waals surface area contributed by atoms with Crippen LogP contribution in [-0.4, -0.2) is 14.3 Å². The molecular weight excluding hydrogens is 146 g/mol. The van der Waals surface area contributed by atoms with Crippen LogP contribution in [0.4, 0.5) is 0 Å². The first-order valence-electron chi connectivity index (χ1n) is 3.15. The molecular formula is C6H9N3O2. The zero-order valence-corrected chi connectivity index (χ0v) is 6.66. The first-order valence-corrected chi connectivity index (χ1v) is 3.15. The van der Waals surface area contributed by atoms with Crippen molar-refractivity contribution < 1.29 is 0 Å². The third kappa shape index (κ3) is 1.09. The van der Waals surface area contributed by atoms with E-state index < -0.39 is 5.69 Å². The third-order valence-corrected chi connectivity index (χ3v) is 1.48. The first kappa shape index (κ1) is 7.71. The van der Waals surface area contributed by atoms with Crippen LogP contribution in [0.5, 0.6) is 0 Å². The Morgan fingerprint density at radius 1 is 1.27 bits per heavy atom. The van der Waals surface area contributed by atoms with E-state index in [-0.39, 0.29) is 5.56 Å². The van der Waals surface area contributed by atoms with Crippen molar-refractivity contribution in [1.29, 1.82) is 0 Å². The number of rotatable bonds is 0. The lowest BCUT2D eigenvalue weighted by Gasteiger charge is -2.00. The molecule has 0 atom stereocenters. The van der Waals surface area contributed by atoms with E-state index in [0.29, 0.717) is 5.69 Å². The quantitative estimate of drug-likeness (QED) is 0.472. The molecule has 0 N–H and O–H groups in total. The molecule has 1 aromatic rings. The van der Waals surface area contributed by atoms with Gasteiger partial charge in [-0.25, -0.2) is 9.48 Å². The van der Waals surface area contributed by atoms with Gasteiger partial charge in [0, 0.05) is 14.1 Å². The summed E-state index contributed by atoms with van der Waals surface area (Å²) in [5, 5.41) is 3.70. The summed E-state index contributed by atoms with van der Waals surface area (Å²) in [5.74, 6) is 0. The van der Waals surface area contributed by atoms with Gasteiger partial charge < -0.3 is 0 Å². The van der Waals surface area contributed by atoms with Crippen LogP contribution in [0.2, 0.25) is 0 Å². The van der Waals surface area contributed by atoms with Gasteiger partial charge in [0.05, 0.1) is 0 Å². The molecule has 0 fully saturated rings. The van der Waals surface area contributed by atoms with Crippen molar-refractivity contribution in [2.45, 2.75) is 6.92 Å². The second kappa shape index (κ2) is 2.34. The van der Waals surface area contributed by atoms with Crippen LogP contribution in [-0.2, 0) is 14.1 Å². The molecule has 0 saturated carbocycles. The number of aromatic nitrogens is 3. The molecule has 0 saturated heterocycles. The Morgan fingerprint density at radius 2 is 1.82 bits per heavy atom. The van der Waals surface area contributed by atoms with E-state index in [9.17, 15) is 9.59 Å². The maximum absolute atomic E-state index is 11.0. The summed E-state index contributed by atoms with van der Waals surface area (Å²) in [7, 11) is 2.94. The lowest BCUT2D eigenvalue weighted by Crippen LogP contribution is -2.39. The average Bonchev–Trinajstić information content (AvgIpc) is 1.97. The molecule has 0 aliphatic heterocycles. The molecule has 0 amide bonds. The monoisotopic (exact) mass is 155 g/mol. The van der Waals surface area contributed by atoms with Gasteiger partial charge in [-0.1, -0.05) is 0 Å². The molecule has 1 heterocycles. The molecule has 0 aliphatic carbocycles. The molecule has 1 aromatic heterocycles. The molecule has 5 nitrogen and oxygen atoms in total. The van der Waals surface area contributed by atoms with Gasteiger partial charge in [-0.05, 0) is 6.92 Å². The fourth-order valence-electron chi connectivity index (χ4n) is 0.857. The molecule has 60 valence electrons. The number of hydrogen-bond donors (Lipinski definition) is 0. The predicted octanol–water partition coefficient (Wildman–Crippen LogP) is -1.21. The minimum atomic E-state index is -0.402. The van der Waals surface area contributed by atoms with Crippen LogP contribution >= 0.6 is 0 Å². The molecule has 0 aromatic carbocycles. The molecule has 5 heteroatoms. The van der Waals surface area contributed by atoms with E-state index in [2.05, 4.69) is 5.10 Å². The van der Waals surface area contributed by atoms with E-state index >= 15 is 0 Å². The second-order valence-electron chi connectivity index (χ2n) is 2.36. The molecule has 0 spiro atoms. The van der Waals surface area contributed by atoms with Crippen molar-refractivity contribution in [3.05, 3.63) is 26.5 Å². The summed E-state index contributed by atoms with van der Waals surface area (Å²) in [6, 6.07) is 0. The van der Waals surface area contributed by atoms with Crippen LogP contribution in [0.3, 0.4) is 0 Å². The Hall–Kier alpha value is -1.39. The average molecular weight is 155 g/mol. The van der Waals surface area contributed by atoms with Gasteiger partial charge in [0.15, 0.2) is 0 Å². The maximum atomic E-state index is 11.0. The summed E-state index contributed by atoms with van der Waals surface area (Å²) in [4.78, 5) is 22.0. The molecule has 0 bridgehead atoms. The zero-order valence-electron chi connectivity index (χ0n) is 6.66. The minimum Gasteiger partial charge on any atom is -0.267 e. The van der Waals surface area contributed by atoms with Crippen LogP contribution < -0.4 is 11.2 Å². The lowest BCUT2D eigenvalue weighted by molar-refractivity contribution is 0.587. The maximum Gasteiger partial charge on any atom is 0.346 e. The highest BCUT2D eigenvalue weighted by molar-refractivity contribution is 4.89. The summed E-state index contributed by atoms with van der Waals surface area (Å²) in [6.45, 7) is 1.57. The Bertz CT molecular complexity index is 354. The van der Waals surface area contributed by atoms with E-state index in [1.165, 1.54) is 14.1 Å². The Balaban J connectivity index is 3.74. The predicted molar refractivity (Wildman–Crippen MR) is 39.5 cm³/mol. The van der Waals surface area contributed by atoms with Gasteiger partial charge in [0.1, 0.15) is 5.69 Å².